The number of aromatic amines is 1. The summed E-state index contributed by atoms with van der Waals surface area (Å²) in [5, 5.41) is 9.53. The minimum Gasteiger partial charge on any atom is -0.459 e. The van der Waals surface area contributed by atoms with Crippen molar-refractivity contribution in [1.29, 1.82) is 0 Å². The topological polar surface area (TPSA) is 113 Å². The van der Waals surface area contributed by atoms with Gasteiger partial charge in [0.1, 0.15) is 6.04 Å². The predicted octanol–water partition coefficient (Wildman–Crippen LogP) is 1.81. The number of furan rings is 1. The molecule has 0 aliphatic rings. The summed E-state index contributed by atoms with van der Waals surface area (Å²) in [5.74, 6) is -3.59. The Balaban J connectivity index is 2.06. The molecule has 2 amide bonds. The molecule has 2 aromatic heterocycles. The second-order valence-corrected chi connectivity index (χ2v) is 5.17. The van der Waals surface area contributed by atoms with Crippen molar-refractivity contribution in [3.8, 4) is 0 Å². The van der Waals surface area contributed by atoms with Crippen LogP contribution in [-0.4, -0.2) is 33.0 Å². The number of aromatic nitrogens is 3. The molecule has 11 heteroatoms. The lowest BCUT2D eigenvalue weighted by Gasteiger charge is -2.20. The molecule has 0 bridgehead atoms. The van der Waals surface area contributed by atoms with Gasteiger partial charge in [-0.15, -0.1) is 5.10 Å². The number of anilines is 1. The first-order valence-electron chi connectivity index (χ1n) is 6.83. The Kier molecular flexibility index (Phi) is 4.90. The molecule has 3 N–H and O–H groups in total. The summed E-state index contributed by atoms with van der Waals surface area (Å²) in [4.78, 5) is 27.3. The van der Waals surface area contributed by atoms with E-state index in [1.807, 2.05) is 0 Å². The molecule has 2 rings (SSSR count). The summed E-state index contributed by atoms with van der Waals surface area (Å²) in [6, 6.07) is 1.90. The minimum atomic E-state index is -4.71. The van der Waals surface area contributed by atoms with E-state index in [-0.39, 0.29) is 11.7 Å². The van der Waals surface area contributed by atoms with Crippen LogP contribution < -0.4 is 10.6 Å². The third kappa shape index (κ3) is 4.12. The zero-order valence-corrected chi connectivity index (χ0v) is 12.6. The summed E-state index contributed by atoms with van der Waals surface area (Å²) in [5.41, 5.74) is 0. The van der Waals surface area contributed by atoms with E-state index < -0.39 is 35.8 Å². The number of halogens is 3. The van der Waals surface area contributed by atoms with E-state index in [4.69, 9.17) is 4.42 Å². The summed E-state index contributed by atoms with van der Waals surface area (Å²) in [6.07, 6.45) is -3.41. The van der Waals surface area contributed by atoms with Crippen molar-refractivity contribution < 1.29 is 27.2 Å². The molecule has 130 valence electrons. The molecule has 0 fully saturated rings. The highest BCUT2D eigenvalue weighted by Gasteiger charge is 2.36. The number of H-pyrrole nitrogens is 1. The van der Waals surface area contributed by atoms with Gasteiger partial charge in [-0.2, -0.15) is 18.2 Å². The molecule has 0 aliphatic carbocycles. The average Bonchev–Trinajstić information content (AvgIpc) is 3.14. The maximum Gasteiger partial charge on any atom is 0.451 e. The highest BCUT2D eigenvalue weighted by Crippen LogP contribution is 2.26. The van der Waals surface area contributed by atoms with Crippen LogP contribution in [0, 0.1) is 5.92 Å². The van der Waals surface area contributed by atoms with Gasteiger partial charge in [0.25, 0.3) is 5.91 Å². The van der Waals surface area contributed by atoms with Gasteiger partial charge in [0, 0.05) is 0 Å². The maximum atomic E-state index is 12.4. The molecule has 2 heterocycles. The van der Waals surface area contributed by atoms with Crippen molar-refractivity contribution >= 4 is 17.8 Å². The smallest absolute Gasteiger partial charge is 0.451 e. The van der Waals surface area contributed by atoms with Crippen LogP contribution in [0.15, 0.2) is 22.8 Å². The quantitative estimate of drug-likeness (QED) is 0.765. The maximum absolute atomic E-state index is 12.4. The number of amides is 2. The summed E-state index contributed by atoms with van der Waals surface area (Å²) >= 11 is 0. The first-order valence-corrected chi connectivity index (χ1v) is 6.83. The van der Waals surface area contributed by atoms with Gasteiger partial charge >= 0.3 is 6.18 Å². The normalized spacial score (nSPS) is 12.9. The molecular weight excluding hydrogens is 331 g/mol. The number of nitrogens with zero attached hydrogens (tertiary/aromatic N) is 2. The van der Waals surface area contributed by atoms with Gasteiger partial charge in [-0.1, -0.05) is 13.8 Å². The molecule has 24 heavy (non-hydrogen) atoms. The number of alkyl halides is 3. The lowest BCUT2D eigenvalue weighted by atomic mass is 10.0. The Bertz CT molecular complexity index is 709. The van der Waals surface area contributed by atoms with Crippen LogP contribution in [-0.2, 0) is 11.0 Å². The van der Waals surface area contributed by atoms with E-state index >= 15 is 0 Å². The summed E-state index contributed by atoms with van der Waals surface area (Å²) in [7, 11) is 0. The van der Waals surface area contributed by atoms with Gasteiger partial charge in [-0.05, 0) is 18.1 Å². The van der Waals surface area contributed by atoms with Crippen LogP contribution in [0.25, 0.3) is 0 Å². The van der Waals surface area contributed by atoms with Gasteiger partial charge in [0.15, 0.2) is 5.76 Å². The Hall–Kier alpha value is -2.85. The summed E-state index contributed by atoms with van der Waals surface area (Å²) < 4.78 is 42.2. The summed E-state index contributed by atoms with van der Waals surface area (Å²) in [6.45, 7) is 3.32. The second-order valence-electron chi connectivity index (χ2n) is 5.17. The van der Waals surface area contributed by atoms with Crippen molar-refractivity contribution in [1.82, 2.24) is 20.5 Å². The van der Waals surface area contributed by atoms with E-state index in [9.17, 15) is 22.8 Å². The first-order chi connectivity index (χ1) is 11.2. The molecule has 0 saturated heterocycles. The van der Waals surface area contributed by atoms with Crippen LogP contribution in [0.5, 0.6) is 0 Å². The van der Waals surface area contributed by atoms with Crippen molar-refractivity contribution in [3.63, 3.8) is 0 Å². The number of hydrogen-bond donors (Lipinski definition) is 3. The van der Waals surface area contributed by atoms with E-state index in [2.05, 4.69) is 20.7 Å². The van der Waals surface area contributed by atoms with Gasteiger partial charge < -0.3 is 9.73 Å². The first kappa shape index (κ1) is 17.5. The van der Waals surface area contributed by atoms with E-state index in [0.717, 1.165) is 0 Å². The number of hydrogen-bond acceptors (Lipinski definition) is 5. The third-order valence-electron chi connectivity index (χ3n) is 2.97. The molecule has 8 nitrogen and oxygen atoms in total. The minimum absolute atomic E-state index is 0.00528. The van der Waals surface area contributed by atoms with Gasteiger partial charge in [-0.25, -0.2) is 0 Å². The average molecular weight is 345 g/mol. The Morgan fingerprint density at radius 2 is 2.04 bits per heavy atom. The Morgan fingerprint density at radius 3 is 2.54 bits per heavy atom. The molecule has 2 aromatic rings. The van der Waals surface area contributed by atoms with Crippen LogP contribution >= 0.6 is 0 Å². The fourth-order valence-corrected chi connectivity index (χ4v) is 1.79. The van der Waals surface area contributed by atoms with Crippen LogP contribution in [0.2, 0.25) is 0 Å². The fraction of sp³-hybridized carbons (Fsp3) is 0.385. The van der Waals surface area contributed by atoms with Crippen molar-refractivity contribution in [3.05, 3.63) is 30.0 Å². The fourth-order valence-electron chi connectivity index (χ4n) is 1.79. The molecular formula is C13H14F3N5O3. The zero-order valence-electron chi connectivity index (χ0n) is 12.6. The van der Waals surface area contributed by atoms with E-state index in [0.29, 0.717) is 0 Å². The highest BCUT2D eigenvalue weighted by molar-refractivity contribution is 5.99. The van der Waals surface area contributed by atoms with Crippen LogP contribution in [0.3, 0.4) is 0 Å². The van der Waals surface area contributed by atoms with E-state index in [1.165, 1.54) is 18.4 Å². The molecule has 0 radical (unpaired) electrons. The molecule has 0 aliphatic heterocycles. The van der Waals surface area contributed by atoms with Gasteiger partial charge in [0.2, 0.25) is 17.7 Å². The Labute approximate surface area is 133 Å². The largest absolute Gasteiger partial charge is 0.459 e. The van der Waals surface area contributed by atoms with Crippen molar-refractivity contribution in [2.45, 2.75) is 26.1 Å². The number of rotatable bonds is 5. The zero-order chi connectivity index (χ0) is 17.9. The lowest BCUT2D eigenvalue weighted by molar-refractivity contribution is -0.144. The van der Waals surface area contributed by atoms with Crippen molar-refractivity contribution in [2.75, 3.05) is 5.32 Å². The SMILES string of the molecule is CC(C)[C@@H](NC(=O)c1ccco1)C(=O)Nc1n[nH]c(C(F)(F)F)n1. The number of carbonyl (C=O) groups excluding carboxylic acids is 2. The van der Waals surface area contributed by atoms with Crippen LogP contribution in [0.4, 0.5) is 19.1 Å². The van der Waals surface area contributed by atoms with Gasteiger partial charge in [-0.3, -0.25) is 20.0 Å². The van der Waals surface area contributed by atoms with E-state index in [1.54, 1.807) is 18.9 Å². The third-order valence-corrected chi connectivity index (χ3v) is 2.97. The standard InChI is InChI=1S/C13H14F3N5O3/c1-6(2)8(17-9(22)7-4-3-5-24-7)10(23)18-12-19-11(20-21-12)13(14,15)16/h3-6,8H,1-2H3,(H,17,22)(H2,18,19,20,21,23)/t8-/m1/s1. The molecule has 0 aromatic carbocycles. The predicted molar refractivity (Wildman–Crippen MR) is 74.8 cm³/mol. The molecule has 0 unspecified atom stereocenters. The number of nitrogens with one attached hydrogen (secondary N) is 3. The number of carbonyl (C=O) groups is 2. The lowest BCUT2D eigenvalue weighted by Crippen LogP contribution is -2.47. The molecule has 0 saturated carbocycles. The Morgan fingerprint density at radius 1 is 1.33 bits per heavy atom. The molecule has 0 spiro atoms. The highest BCUT2D eigenvalue weighted by atomic mass is 19.4. The monoisotopic (exact) mass is 345 g/mol. The van der Waals surface area contributed by atoms with Crippen LogP contribution in [0.1, 0.15) is 30.2 Å². The van der Waals surface area contributed by atoms with Crippen molar-refractivity contribution in [2.24, 2.45) is 5.92 Å². The second kappa shape index (κ2) is 6.72. The molecule has 1 atom stereocenters. The van der Waals surface area contributed by atoms with Gasteiger partial charge in [0.05, 0.1) is 6.26 Å².